The zero-order chi connectivity index (χ0) is 34.7. The molecule has 2 aromatic carbocycles. The van der Waals surface area contributed by atoms with Crippen LogP contribution in [0.5, 0.6) is 11.6 Å². The van der Waals surface area contributed by atoms with Crippen LogP contribution >= 0.6 is 23.3 Å². The molecule has 5 aromatic rings. The molecule has 0 saturated carbocycles. The van der Waals surface area contributed by atoms with Crippen LogP contribution in [0.1, 0.15) is 43.5 Å². The van der Waals surface area contributed by atoms with Crippen molar-refractivity contribution in [1.29, 1.82) is 0 Å². The minimum Gasteiger partial charge on any atom is -0.444 e. The Morgan fingerprint density at radius 2 is 1.88 bits per heavy atom. The lowest BCUT2D eigenvalue weighted by Gasteiger charge is -2.36. The van der Waals surface area contributed by atoms with E-state index in [4.69, 9.17) is 14.5 Å². The summed E-state index contributed by atoms with van der Waals surface area (Å²) < 4.78 is 45.0. The number of carbonyl (C=O) groups excluding carboxylic acids is 1. The van der Waals surface area contributed by atoms with Crippen LogP contribution in [0, 0.1) is 19.7 Å². The number of likely N-dealkylation sites (tertiary alicyclic amines) is 1. The Bertz CT molecular complexity index is 1970. The van der Waals surface area contributed by atoms with Crippen molar-refractivity contribution in [2.45, 2.75) is 64.6 Å². The summed E-state index contributed by atoms with van der Waals surface area (Å²) in [7, 11) is 0. The highest BCUT2D eigenvalue weighted by atomic mass is 32.2. The van der Waals surface area contributed by atoms with Crippen molar-refractivity contribution in [2.24, 2.45) is 0 Å². The minimum atomic E-state index is -1.23. The van der Waals surface area contributed by atoms with E-state index in [1.807, 2.05) is 37.4 Å². The number of hydrogen-bond donors (Lipinski definition) is 2. The number of nitrogens with zero attached hydrogens (tertiary/aromatic N) is 5. The first-order valence-electron chi connectivity index (χ1n) is 15.8. The highest BCUT2D eigenvalue weighted by Crippen LogP contribution is 2.40. The van der Waals surface area contributed by atoms with Crippen LogP contribution in [0.25, 0.3) is 22.0 Å². The number of halogens is 2. The van der Waals surface area contributed by atoms with Crippen molar-refractivity contribution in [2.75, 3.05) is 23.1 Å². The van der Waals surface area contributed by atoms with E-state index in [1.54, 1.807) is 62.7 Å². The van der Waals surface area contributed by atoms with E-state index < -0.39 is 23.9 Å². The topological polar surface area (TPSA) is 114 Å². The fourth-order valence-electron chi connectivity index (χ4n) is 5.50. The largest absolute Gasteiger partial charge is 0.444 e. The molecular weight excluding hydrogens is 669 g/mol. The number of hydrogen-bond acceptors (Lipinski definition) is 11. The second-order valence-corrected chi connectivity index (χ2v) is 14.6. The van der Waals surface area contributed by atoms with Crippen LogP contribution in [0.2, 0.25) is 0 Å². The van der Waals surface area contributed by atoms with E-state index in [9.17, 15) is 9.18 Å². The molecule has 2 N–H and O–H groups in total. The van der Waals surface area contributed by atoms with Gasteiger partial charge in [0.15, 0.2) is 0 Å². The molecule has 1 fully saturated rings. The van der Waals surface area contributed by atoms with Gasteiger partial charge in [-0.15, -0.1) is 11.3 Å². The Morgan fingerprint density at radius 1 is 1.06 bits per heavy atom. The zero-order valence-corrected chi connectivity index (χ0v) is 29.4. The lowest BCUT2D eigenvalue weighted by molar-refractivity contribution is 0.0124. The van der Waals surface area contributed by atoms with Gasteiger partial charge in [0.2, 0.25) is 11.8 Å². The summed E-state index contributed by atoms with van der Waals surface area (Å²) in [5.74, 6) is 1.31. The van der Waals surface area contributed by atoms with Gasteiger partial charge in [0, 0.05) is 47.6 Å². The van der Waals surface area contributed by atoms with Crippen LogP contribution in [-0.2, 0) is 10.5 Å². The number of nitrogens with one attached hydrogen (secondary N) is 2. The van der Waals surface area contributed by atoms with Gasteiger partial charge in [0.1, 0.15) is 23.3 Å². The van der Waals surface area contributed by atoms with E-state index >= 15 is 4.39 Å². The SMILES string of the molecule is Cc1nc(CSNc2c(F)ccc3c(Oc4ncccc4-c4ccnc(N[C@@H]5C[C@@H](F)CN(C(=O)OC(C)(C)C)C5)n4)c(C)ccc23)cs1. The normalized spacial score (nSPS) is 16.4. The quantitative estimate of drug-likeness (QED) is 0.144. The lowest BCUT2D eigenvalue weighted by Crippen LogP contribution is -2.51. The van der Waals surface area contributed by atoms with Crippen molar-refractivity contribution < 1.29 is 23.0 Å². The van der Waals surface area contributed by atoms with Crippen LogP contribution in [0.3, 0.4) is 0 Å². The molecule has 3 aromatic heterocycles. The average molecular weight is 706 g/mol. The maximum atomic E-state index is 15.1. The number of thiazole rings is 1. The number of anilines is 2. The molecule has 1 aliphatic heterocycles. The van der Waals surface area contributed by atoms with E-state index in [0.29, 0.717) is 45.1 Å². The Hall–Kier alpha value is -4.56. The first-order valence-corrected chi connectivity index (χ1v) is 17.7. The molecule has 0 unspecified atom stereocenters. The molecule has 0 aliphatic carbocycles. The Balaban J connectivity index is 1.23. The number of rotatable bonds is 9. The van der Waals surface area contributed by atoms with E-state index in [-0.39, 0.29) is 31.3 Å². The molecule has 6 rings (SSSR count). The summed E-state index contributed by atoms with van der Waals surface area (Å²) in [6.45, 7) is 9.40. The predicted molar refractivity (Wildman–Crippen MR) is 190 cm³/mol. The maximum Gasteiger partial charge on any atom is 0.410 e. The van der Waals surface area contributed by atoms with Crippen molar-refractivity contribution in [1.82, 2.24) is 24.8 Å². The van der Waals surface area contributed by atoms with E-state index in [2.05, 4.69) is 25.0 Å². The van der Waals surface area contributed by atoms with Crippen LogP contribution in [0.4, 0.5) is 25.2 Å². The van der Waals surface area contributed by atoms with Gasteiger partial charge >= 0.3 is 6.09 Å². The molecule has 14 heteroatoms. The Morgan fingerprint density at radius 3 is 2.65 bits per heavy atom. The number of aromatic nitrogens is 4. The number of ether oxygens (including phenoxy) is 2. The summed E-state index contributed by atoms with van der Waals surface area (Å²) in [4.78, 5) is 32.1. The number of aryl methyl sites for hydroxylation is 2. The Labute approximate surface area is 291 Å². The molecule has 1 saturated heterocycles. The number of fused-ring (bicyclic) bond motifs is 1. The molecule has 4 heterocycles. The lowest BCUT2D eigenvalue weighted by atomic mass is 10.0. The standard InChI is InChI=1S/C35H37F2N7O3S2/c1-20-8-9-25-26(10-11-28(37)30(25)43-49-19-24-18-48-21(2)40-24)31(20)46-32-27(7-6-13-38-32)29-12-14-39-33(42-29)41-23-15-22(36)16-44(17-23)34(45)47-35(3,4)5/h6-14,18,22-23,43H,15-17,19H2,1-5H3,(H,39,41,42)/t22-,23-/m1/s1. The fraction of sp³-hybridized carbons (Fsp3) is 0.343. The molecule has 49 heavy (non-hydrogen) atoms. The summed E-state index contributed by atoms with van der Waals surface area (Å²) in [6.07, 6.45) is 1.62. The number of alkyl halides is 1. The molecule has 0 spiro atoms. The third-order valence-corrected chi connectivity index (χ3v) is 9.26. The average Bonchev–Trinajstić information content (AvgIpc) is 3.47. The third-order valence-electron chi connectivity index (χ3n) is 7.64. The summed E-state index contributed by atoms with van der Waals surface area (Å²) in [5, 5.41) is 7.54. The second-order valence-electron chi connectivity index (χ2n) is 12.8. The molecule has 1 aliphatic rings. The third kappa shape index (κ3) is 8.36. The smallest absolute Gasteiger partial charge is 0.410 e. The predicted octanol–water partition coefficient (Wildman–Crippen LogP) is 8.72. The van der Waals surface area contributed by atoms with Crippen molar-refractivity contribution in [3.05, 3.63) is 82.3 Å². The van der Waals surface area contributed by atoms with Crippen molar-refractivity contribution >= 4 is 51.8 Å². The molecule has 1 amide bonds. The molecule has 0 bridgehead atoms. The Kier molecular flexibility index (Phi) is 10.2. The molecule has 0 radical (unpaired) electrons. The van der Waals surface area contributed by atoms with Gasteiger partial charge in [0.05, 0.1) is 39.9 Å². The van der Waals surface area contributed by atoms with Crippen molar-refractivity contribution in [3.8, 4) is 22.9 Å². The van der Waals surface area contributed by atoms with Crippen molar-refractivity contribution in [3.63, 3.8) is 0 Å². The van der Waals surface area contributed by atoms with E-state index in [1.165, 1.54) is 22.9 Å². The molecule has 256 valence electrons. The molecule has 10 nitrogen and oxygen atoms in total. The number of benzene rings is 2. The van der Waals surface area contributed by atoms with Gasteiger partial charge in [-0.2, -0.15) is 0 Å². The van der Waals surface area contributed by atoms with Gasteiger partial charge < -0.3 is 24.4 Å². The number of carbonyl (C=O) groups is 1. The highest BCUT2D eigenvalue weighted by Gasteiger charge is 2.33. The highest BCUT2D eigenvalue weighted by molar-refractivity contribution is 7.99. The number of amides is 1. The van der Waals surface area contributed by atoms with E-state index in [0.717, 1.165) is 16.3 Å². The number of piperidine rings is 1. The molecule has 2 atom stereocenters. The fourth-order valence-corrected chi connectivity index (χ4v) is 6.94. The van der Waals surface area contributed by atoms with Crippen LogP contribution < -0.4 is 14.8 Å². The maximum absolute atomic E-state index is 15.1. The van der Waals surface area contributed by atoms with Crippen LogP contribution in [-0.4, -0.2) is 61.8 Å². The summed E-state index contributed by atoms with van der Waals surface area (Å²) >= 11 is 2.95. The van der Waals surface area contributed by atoms with Gasteiger partial charge in [-0.1, -0.05) is 12.1 Å². The van der Waals surface area contributed by atoms with Gasteiger partial charge in [-0.05, 0) is 82.5 Å². The monoisotopic (exact) mass is 705 g/mol. The first kappa shape index (κ1) is 34.3. The summed E-state index contributed by atoms with van der Waals surface area (Å²) in [6, 6.07) is 11.8. The van der Waals surface area contributed by atoms with Gasteiger partial charge in [0.25, 0.3) is 0 Å². The number of pyridine rings is 1. The second kappa shape index (κ2) is 14.5. The van der Waals surface area contributed by atoms with Gasteiger partial charge in [-0.25, -0.2) is 33.5 Å². The van der Waals surface area contributed by atoms with Crippen LogP contribution in [0.15, 0.2) is 60.2 Å². The van der Waals surface area contributed by atoms with Gasteiger partial charge in [-0.3, -0.25) is 0 Å². The minimum absolute atomic E-state index is 0.0344. The first-order chi connectivity index (χ1) is 23.4. The molecular formula is C35H37F2N7O3S2. The summed E-state index contributed by atoms with van der Waals surface area (Å²) in [5.41, 5.74) is 2.56. The zero-order valence-electron chi connectivity index (χ0n) is 27.8.